The smallest absolute Gasteiger partial charge is 0.295 e. The molecule has 1 amide bonds. The van der Waals surface area contributed by atoms with Crippen LogP contribution >= 0.6 is 15.9 Å². The maximum absolute atomic E-state index is 13.2. The molecular weight excluding hydrogens is 484 g/mol. The third kappa shape index (κ3) is 5.05. The van der Waals surface area contributed by atoms with E-state index >= 15 is 0 Å². The normalized spacial score (nSPS) is 21.2. The molecule has 2 aliphatic heterocycles. The van der Waals surface area contributed by atoms with Crippen molar-refractivity contribution in [2.75, 3.05) is 39.4 Å². The Bertz CT molecular complexity index is 1040. The average molecular weight is 513 g/mol. The van der Waals surface area contributed by atoms with Crippen LogP contribution in [0.3, 0.4) is 0 Å². The Balaban J connectivity index is 1.73. The van der Waals surface area contributed by atoms with Crippen LogP contribution in [0.4, 0.5) is 0 Å². The number of carbonyl (C=O) groups excluding carboxylic acids is 2. The van der Waals surface area contributed by atoms with Crippen molar-refractivity contribution < 1.29 is 19.4 Å². The molecule has 2 aliphatic rings. The molecule has 1 N–H and O–H groups in total. The van der Waals surface area contributed by atoms with Crippen molar-refractivity contribution in [2.45, 2.75) is 25.8 Å². The summed E-state index contributed by atoms with van der Waals surface area (Å²) in [5.41, 5.74) is 2.64. The molecule has 0 radical (unpaired) electrons. The summed E-state index contributed by atoms with van der Waals surface area (Å²) in [5, 5.41) is 11.1. The highest BCUT2D eigenvalue weighted by Gasteiger charge is 2.46. The average Bonchev–Trinajstić information content (AvgIpc) is 3.08. The summed E-state index contributed by atoms with van der Waals surface area (Å²) in [6.45, 7) is 8.24. The van der Waals surface area contributed by atoms with Gasteiger partial charge in [-0.05, 0) is 29.2 Å². The van der Waals surface area contributed by atoms with Gasteiger partial charge in [-0.25, -0.2) is 0 Å². The molecule has 0 bridgehead atoms. The molecule has 0 unspecified atom stereocenters. The molecule has 174 valence electrons. The number of halogens is 1. The summed E-state index contributed by atoms with van der Waals surface area (Å²) in [7, 11) is 0. The lowest BCUT2D eigenvalue weighted by atomic mass is 9.93. The SMILES string of the molecule is CC(C)c1ccc([C@@H]2/C(=C(\O)c3ccc(Br)cc3)C(=O)C(=O)N2CCN2CCOCC2)cc1. The maximum Gasteiger partial charge on any atom is 0.295 e. The van der Waals surface area contributed by atoms with Crippen LogP contribution < -0.4 is 0 Å². The van der Waals surface area contributed by atoms with Crippen molar-refractivity contribution in [3.05, 3.63) is 75.3 Å². The minimum atomic E-state index is -0.643. The summed E-state index contributed by atoms with van der Waals surface area (Å²) in [5.74, 6) is -0.989. The van der Waals surface area contributed by atoms with E-state index in [1.54, 1.807) is 29.2 Å². The Morgan fingerprint density at radius 2 is 1.67 bits per heavy atom. The lowest BCUT2D eigenvalue weighted by Crippen LogP contribution is -2.42. The number of hydrogen-bond donors (Lipinski definition) is 1. The highest BCUT2D eigenvalue weighted by atomic mass is 79.9. The molecule has 2 fully saturated rings. The first-order chi connectivity index (χ1) is 15.9. The van der Waals surface area contributed by atoms with E-state index < -0.39 is 17.7 Å². The maximum atomic E-state index is 13.2. The van der Waals surface area contributed by atoms with Crippen molar-refractivity contribution >= 4 is 33.4 Å². The highest BCUT2D eigenvalue weighted by molar-refractivity contribution is 9.10. The number of ether oxygens (including phenoxy) is 1. The van der Waals surface area contributed by atoms with Crippen LogP contribution in [0.1, 0.15) is 42.5 Å². The van der Waals surface area contributed by atoms with Gasteiger partial charge in [0.05, 0.1) is 24.8 Å². The first-order valence-corrected chi connectivity index (χ1v) is 12.1. The Labute approximate surface area is 203 Å². The van der Waals surface area contributed by atoms with Gasteiger partial charge in [-0.1, -0.05) is 66.2 Å². The second-order valence-electron chi connectivity index (χ2n) is 8.77. The van der Waals surface area contributed by atoms with E-state index in [1.807, 2.05) is 24.3 Å². The van der Waals surface area contributed by atoms with E-state index in [1.165, 1.54) is 5.56 Å². The number of nitrogens with zero attached hydrogens (tertiary/aromatic N) is 2. The zero-order chi connectivity index (χ0) is 23.5. The summed E-state index contributed by atoms with van der Waals surface area (Å²) in [6.07, 6.45) is 0. The van der Waals surface area contributed by atoms with Crippen LogP contribution in [0.2, 0.25) is 0 Å². The number of hydrogen-bond acceptors (Lipinski definition) is 5. The van der Waals surface area contributed by atoms with Gasteiger partial charge >= 0.3 is 0 Å². The molecule has 2 heterocycles. The number of morpholine rings is 1. The van der Waals surface area contributed by atoms with E-state index in [-0.39, 0.29) is 11.3 Å². The number of likely N-dealkylation sites (tertiary alicyclic amines) is 1. The van der Waals surface area contributed by atoms with E-state index in [2.05, 4.69) is 34.7 Å². The van der Waals surface area contributed by atoms with Crippen molar-refractivity contribution in [1.29, 1.82) is 0 Å². The second kappa shape index (κ2) is 10.2. The largest absolute Gasteiger partial charge is 0.507 e. The van der Waals surface area contributed by atoms with E-state index in [9.17, 15) is 14.7 Å². The van der Waals surface area contributed by atoms with Crippen LogP contribution in [-0.4, -0.2) is 66.0 Å². The number of amides is 1. The Morgan fingerprint density at radius 1 is 1.03 bits per heavy atom. The van der Waals surface area contributed by atoms with Crippen LogP contribution in [0.15, 0.2) is 58.6 Å². The fraction of sp³-hybridized carbons (Fsp3) is 0.385. The Hall–Kier alpha value is -2.48. The third-order valence-electron chi connectivity index (χ3n) is 6.34. The fourth-order valence-electron chi connectivity index (χ4n) is 4.36. The fourth-order valence-corrected chi connectivity index (χ4v) is 4.62. The Morgan fingerprint density at radius 3 is 2.27 bits per heavy atom. The highest BCUT2D eigenvalue weighted by Crippen LogP contribution is 2.39. The van der Waals surface area contributed by atoms with Gasteiger partial charge in [0.2, 0.25) is 0 Å². The minimum Gasteiger partial charge on any atom is -0.507 e. The summed E-state index contributed by atoms with van der Waals surface area (Å²) in [4.78, 5) is 30.1. The molecule has 0 aliphatic carbocycles. The van der Waals surface area contributed by atoms with Gasteiger partial charge < -0.3 is 14.7 Å². The number of aliphatic hydroxyl groups is 1. The topological polar surface area (TPSA) is 70.1 Å². The molecule has 0 spiro atoms. The van der Waals surface area contributed by atoms with Crippen LogP contribution in [-0.2, 0) is 14.3 Å². The first-order valence-electron chi connectivity index (χ1n) is 11.3. The first kappa shape index (κ1) is 23.7. The molecule has 2 aromatic carbocycles. The molecule has 1 atom stereocenters. The van der Waals surface area contributed by atoms with Crippen LogP contribution in [0.5, 0.6) is 0 Å². The Kier molecular flexibility index (Phi) is 7.32. The van der Waals surface area contributed by atoms with Crippen molar-refractivity contribution in [3.63, 3.8) is 0 Å². The molecule has 0 aromatic heterocycles. The van der Waals surface area contributed by atoms with Gasteiger partial charge in [-0.15, -0.1) is 0 Å². The van der Waals surface area contributed by atoms with E-state index in [0.29, 0.717) is 37.8 Å². The molecule has 6 nitrogen and oxygen atoms in total. The van der Waals surface area contributed by atoms with Gasteiger partial charge in [0.1, 0.15) is 5.76 Å². The zero-order valence-corrected chi connectivity index (χ0v) is 20.5. The van der Waals surface area contributed by atoms with Gasteiger partial charge in [0.25, 0.3) is 11.7 Å². The van der Waals surface area contributed by atoms with Crippen LogP contribution in [0.25, 0.3) is 5.76 Å². The third-order valence-corrected chi connectivity index (χ3v) is 6.87. The van der Waals surface area contributed by atoms with Crippen molar-refractivity contribution in [3.8, 4) is 0 Å². The van der Waals surface area contributed by atoms with Gasteiger partial charge in [0.15, 0.2) is 0 Å². The summed E-state index contributed by atoms with van der Waals surface area (Å²) >= 11 is 3.39. The predicted molar refractivity (Wildman–Crippen MR) is 131 cm³/mol. The number of ketones is 1. The molecule has 7 heteroatoms. The quantitative estimate of drug-likeness (QED) is 0.354. The van der Waals surface area contributed by atoms with Crippen molar-refractivity contribution in [2.24, 2.45) is 0 Å². The number of carbonyl (C=O) groups is 2. The van der Waals surface area contributed by atoms with Gasteiger partial charge in [0, 0.05) is 36.2 Å². The molecular formula is C26H29BrN2O4. The minimum absolute atomic E-state index is 0.140. The summed E-state index contributed by atoms with van der Waals surface area (Å²) < 4.78 is 6.28. The molecule has 4 rings (SSSR count). The summed E-state index contributed by atoms with van der Waals surface area (Å²) in [6, 6.07) is 14.4. The monoisotopic (exact) mass is 512 g/mol. The van der Waals surface area contributed by atoms with Gasteiger partial charge in [-0.2, -0.15) is 0 Å². The number of Topliss-reactive ketones (excluding diaryl/α,β-unsaturated/α-hetero) is 1. The lowest BCUT2D eigenvalue weighted by molar-refractivity contribution is -0.140. The van der Waals surface area contributed by atoms with Crippen molar-refractivity contribution in [1.82, 2.24) is 9.80 Å². The van der Waals surface area contributed by atoms with E-state index in [0.717, 1.165) is 23.1 Å². The predicted octanol–water partition coefficient (Wildman–Crippen LogP) is 4.33. The molecule has 2 saturated heterocycles. The molecule has 0 saturated carbocycles. The lowest BCUT2D eigenvalue weighted by Gasteiger charge is -2.31. The van der Waals surface area contributed by atoms with E-state index in [4.69, 9.17) is 4.74 Å². The molecule has 33 heavy (non-hydrogen) atoms. The number of benzene rings is 2. The van der Waals surface area contributed by atoms with Crippen LogP contribution in [0, 0.1) is 0 Å². The second-order valence-corrected chi connectivity index (χ2v) is 9.69. The molecule has 2 aromatic rings. The number of rotatable bonds is 6. The standard InChI is InChI=1S/C26H29BrN2O4/c1-17(2)18-3-5-19(6-4-18)23-22(24(30)20-7-9-21(27)10-8-20)25(31)26(32)29(23)12-11-28-13-15-33-16-14-28/h3-10,17,23,30H,11-16H2,1-2H3/b24-22+/t23-/m1/s1. The number of aliphatic hydroxyl groups excluding tert-OH is 1. The van der Waals surface area contributed by atoms with Gasteiger partial charge in [-0.3, -0.25) is 14.5 Å². The zero-order valence-electron chi connectivity index (χ0n) is 19.0.